The molecule has 0 saturated carbocycles. The summed E-state index contributed by atoms with van der Waals surface area (Å²) in [4.78, 5) is 15.5. The minimum absolute atomic E-state index is 0.200. The van der Waals surface area contributed by atoms with Crippen LogP contribution in [0.15, 0.2) is 23.8 Å². The van der Waals surface area contributed by atoms with Crippen LogP contribution in [-0.4, -0.2) is 38.4 Å². The van der Waals surface area contributed by atoms with E-state index in [2.05, 4.69) is 36.9 Å². The number of carbonyl (C=O) groups is 1. The Bertz CT molecular complexity index is 708. The van der Waals surface area contributed by atoms with Crippen molar-refractivity contribution in [3.05, 3.63) is 34.9 Å². The topological polar surface area (TPSA) is 38.8 Å². The number of ether oxygens (including phenoxy) is 2. The van der Waals surface area contributed by atoms with Crippen LogP contribution in [0, 0.1) is 5.92 Å². The fourth-order valence-electron chi connectivity index (χ4n) is 4.45. The largest absolute Gasteiger partial charge is 0.381 e. The first-order chi connectivity index (χ1) is 12.6. The van der Waals surface area contributed by atoms with Crippen molar-refractivity contribution in [2.45, 2.75) is 52.0 Å². The molecule has 0 radical (unpaired) electrons. The lowest BCUT2D eigenvalue weighted by Crippen LogP contribution is -2.41. The molecular formula is C22H29NO3. The van der Waals surface area contributed by atoms with E-state index in [9.17, 15) is 4.79 Å². The third-order valence-electron chi connectivity index (χ3n) is 5.67. The number of anilines is 1. The Balaban J connectivity index is 1.77. The first kappa shape index (κ1) is 17.7. The number of fused-ring (bicyclic) bond motifs is 1. The Hall–Kier alpha value is -1.65. The van der Waals surface area contributed by atoms with Gasteiger partial charge < -0.3 is 14.4 Å². The van der Waals surface area contributed by atoms with Crippen LogP contribution in [0.2, 0.25) is 0 Å². The van der Waals surface area contributed by atoms with Crippen molar-refractivity contribution in [3.63, 3.8) is 0 Å². The standard InChI is InChI=1S/C22H29NO3/c1-15(2)13-16-3-4-20-19(14-16)21(17-5-9-25-10-6-17)22(24)23(20)18-7-11-26-12-8-18/h3-4,14-15,18H,5-13H2,1-2H3. The smallest absolute Gasteiger partial charge is 0.259 e. The lowest BCUT2D eigenvalue weighted by molar-refractivity contribution is -0.113. The average Bonchev–Trinajstić information content (AvgIpc) is 2.94. The van der Waals surface area contributed by atoms with E-state index in [1.54, 1.807) is 0 Å². The Morgan fingerprint density at radius 1 is 1.08 bits per heavy atom. The lowest BCUT2D eigenvalue weighted by Gasteiger charge is -2.31. The molecule has 3 aliphatic heterocycles. The maximum absolute atomic E-state index is 13.5. The molecule has 2 saturated heterocycles. The summed E-state index contributed by atoms with van der Waals surface area (Å²) in [5, 5.41) is 0. The first-order valence-corrected chi connectivity index (χ1v) is 9.99. The van der Waals surface area contributed by atoms with Gasteiger partial charge in [0, 0.05) is 30.4 Å². The van der Waals surface area contributed by atoms with E-state index in [0.29, 0.717) is 5.92 Å². The molecule has 2 fully saturated rings. The summed E-state index contributed by atoms with van der Waals surface area (Å²) >= 11 is 0. The van der Waals surface area contributed by atoms with Crippen molar-refractivity contribution in [2.24, 2.45) is 5.92 Å². The molecule has 0 spiro atoms. The van der Waals surface area contributed by atoms with E-state index in [1.165, 1.54) is 11.1 Å². The van der Waals surface area contributed by atoms with Gasteiger partial charge in [0.1, 0.15) is 0 Å². The number of hydrogen-bond donors (Lipinski definition) is 0. The van der Waals surface area contributed by atoms with Crippen LogP contribution >= 0.6 is 0 Å². The lowest BCUT2D eigenvalue weighted by atomic mass is 9.93. The molecule has 0 bridgehead atoms. The van der Waals surface area contributed by atoms with Crippen molar-refractivity contribution < 1.29 is 14.3 Å². The van der Waals surface area contributed by atoms with Crippen LogP contribution in [0.4, 0.5) is 5.69 Å². The quantitative estimate of drug-likeness (QED) is 0.770. The zero-order valence-electron chi connectivity index (χ0n) is 15.9. The van der Waals surface area contributed by atoms with Crippen LogP contribution in [0.1, 0.15) is 50.7 Å². The zero-order valence-corrected chi connectivity index (χ0v) is 15.9. The second-order valence-corrected chi connectivity index (χ2v) is 8.06. The number of carbonyl (C=O) groups excluding carboxylic acids is 1. The third-order valence-corrected chi connectivity index (χ3v) is 5.67. The molecule has 140 valence electrons. The SMILES string of the molecule is CC(C)Cc1ccc2c(c1)C(=C1CCOCC1)C(=O)N2C1CCOCC1. The van der Waals surface area contributed by atoms with Crippen LogP contribution in [0.25, 0.3) is 5.57 Å². The summed E-state index contributed by atoms with van der Waals surface area (Å²) in [6, 6.07) is 6.90. The van der Waals surface area contributed by atoms with Crippen molar-refractivity contribution in [3.8, 4) is 0 Å². The van der Waals surface area contributed by atoms with Crippen LogP contribution in [0.3, 0.4) is 0 Å². The Labute approximate surface area is 156 Å². The van der Waals surface area contributed by atoms with E-state index in [4.69, 9.17) is 9.47 Å². The van der Waals surface area contributed by atoms with Crippen molar-refractivity contribution in [1.29, 1.82) is 0 Å². The van der Waals surface area contributed by atoms with Crippen LogP contribution in [0.5, 0.6) is 0 Å². The number of nitrogens with zero attached hydrogens (tertiary/aromatic N) is 1. The van der Waals surface area contributed by atoms with Crippen LogP contribution in [-0.2, 0) is 20.7 Å². The van der Waals surface area contributed by atoms with Gasteiger partial charge >= 0.3 is 0 Å². The molecule has 4 nitrogen and oxygen atoms in total. The fourth-order valence-corrected chi connectivity index (χ4v) is 4.45. The van der Waals surface area contributed by atoms with E-state index < -0.39 is 0 Å². The number of amides is 1. The molecule has 1 aromatic carbocycles. The molecule has 1 aromatic rings. The van der Waals surface area contributed by atoms with Crippen molar-refractivity contribution in [2.75, 3.05) is 31.3 Å². The zero-order chi connectivity index (χ0) is 18.1. The molecule has 3 aliphatic rings. The van der Waals surface area contributed by atoms with Gasteiger partial charge in [-0.1, -0.05) is 25.5 Å². The summed E-state index contributed by atoms with van der Waals surface area (Å²) < 4.78 is 11.0. The average molecular weight is 355 g/mol. The maximum Gasteiger partial charge on any atom is 0.259 e. The van der Waals surface area contributed by atoms with Gasteiger partial charge in [-0.3, -0.25) is 4.79 Å². The van der Waals surface area contributed by atoms with Gasteiger partial charge in [-0.2, -0.15) is 0 Å². The van der Waals surface area contributed by atoms with Gasteiger partial charge in [0.2, 0.25) is 0 Å². The maximum atomic E-state index is 13.5. The predicted octanol–water partition coefficient (Wildman–Crippen LogP) is 3.97. The highest BCUT2D eigenvalue weighted by Crippen LogP contribution is 2.43. The Kier molecular flexibility index (Phi) is 5.14. The van der Waals surface area contributed by atoms with Gasteiger partial charge in [0.25, 0.3) is 5.91 Å². The van der Waals surface area contributed by atoms with E-state index in [1.807, 2.05) is 0 Å². The summed E-state index contributed by atoms with van der Waals surface area (Å²) in [6.45, 7) is 7.42. The minimum atomic E-state index is 0.200. The van der Waals surface area contributed by atoms with Gasteiger partial charge in [0.15, 0.2) is 0 Å². The van der Waals surface area contributed by atoms with E-state index >= 15 is 0 Å². The summed E-state index contributed by atoms with van der Waals surface area (Å²) in [5.41, 5.74) is 5.81. The molecule has 26 heavy (non-hydrogen) atoms. The molecule has 3 heterocycles. The summed E-state index contributed by atoms with van der Waals surface area (Å²) in [7, 11) is 0. The van der Waals surface area contributed by atoms with Crippen molar-refractivity contribution in [1.82, 2.24) is 0 Å². The number of rotatable bonds is 3. The monoisotopic (exact) mass is 355 g/mol. The highest BCUT2D eigenvalue weighted by atomic mass is 16.5. The molecule has 0 unspecified atom stereocenters. The Morgan fingerprint density at radius 3 is 2.46 bits per heavy atom. The molecule has 4 rings (SSSR count). The molecule has 0 aromatic heterocycles. The second-order valence-electron chi connectivity index (χ2n) is 8.06. The second kappa shape index (κ2) is 7.53. The van der Waals surface area contributed by atoms with E-state index in [0.717, 1.165) is 75.4 Å². The summed E-state index contributed by atoms with van der Waals surface area (Å²) in [6.07, 6.45) is 4.63. The molecule has 0 N–H and O–H groups in total. The molecule has 0 aliphatic carbocycles. The molecule has 0 atom stereocenters. The highest BCUT2D eigenvalue weighted by Gasteiger charge is 2.39. The number of hydrogen-bond acceptors (Lipinski definition) is 3. The molecule has 4 heteroatoms. The van der Waals surface area contributed by atoms with Gasteiger partial charge in [-0.25, -0.2) is 0 Å². The van der Waals surface area contributed by atoms with Gasteiger partial charge in [0.05, 0.1) is 18.9 Å². The third kappa shape index (κ3) is 3.33. The molecular weight excluding hydrogens is 326 g/mol. The first-order valence-electron chi connectivity index (χ1n) is 9.99. The highest BCUT2D eigenvalue weighted by molar-refractivity contribution is 6.33. The van der Waals surface area contributed by atoms with Crippen LogP contribution < -0.4 is 4.90 Å². The number of benzene rings is 1. The van der Waals surface area contributed by atoms with Gasteiger partial charge in [-0.05, 0) is 55.7 Å². The Morgan fingerprint density at radius 2 is 1.77 bits per heavy atom. The summed E-state index contributed by atoms with van der Waals surface area (Å²) in [5.74, 6) is 0.807. The minimum Gasteiger partial charge on any atom is -0.381 e. The van der Waals surface area contributed by atoms with E-state index in [-0.39, 0.29) is 11.9 Å². The normalized spacial score (nSPS) is 21.7. The fraction of sp³-hybridized carbons (Fsp3) is 0.591. The molecule has 1 amide bonds. The van der Waals surface area contributed by atoms with Gasteiger partial charge in [-0.15, -0.1) is 0 Å². The predicted molar refractivity (Wildman–Crippen MR) is 103 cm³/mol. The van der Waals surface area contributed by atoms with Crippen molar-refractivity contribution >= 4 is 17.2 Å².